The molecular weight excluding hydrogens is 427 g/mol. The summed E-state index contributed by atoms with van der Waals surface area (Å²) in [7, 11) is 0. The SMILES string of the molecule is Nc1c2c(nc3c1C(c1c(Cl)cccc1Cl)c1c(ccc4ccccc14)O3)CCCC2. The lowest BCUT2D eigenvalue weighted by Gasteiger charge is -2.33. The number of pyridine rings is 1. The quantitative estimate of drug-likeness (QED) is 0.294. The summed E-state index contributed by atoms with van der Waals surface area (Å²) in [4.78, 5) is 4.94. The molecule has 3 nitrogen and oxygen atoms in total. The average molecular weight is 447 g/mol. The van der Waals surface area contributed by atoms with Crippen molar-refractivity contribution >= 4 is 39.7 Å². The molecule has 3 aromatic carbocycles. The summed E-state index contributed by atoms with van der Waals surface area (Å²) in [5, 5.41) is 3.46. The molecule has 0 spiro atoms. The van der Waals surface area contributed by atoms with Gasteiger partial charge in [0.25, 0.3) is 0 Å². The molecule has 0 fully saturated rings. The summed E-state index contributed by atoms with van der Waals surface area (Å²) in [6.07, 6.45) is 4.11. The molecule has 31 heavy (non-hydrogen) atoms. The minimum Gasteiger partial charge on any atom is -0.438 e. The van der Waals surface area contributed by atoms with Gasteiger partial charge in [0.1, 0.15) is 5.75 Å². The fourth-order valence-corrected chi connectivity index (χ4v) is 5.72. The number of anilines is 1. The lowest BCUT2D eigenvalue weighted by molar-refractivity contribution is 0.431. The largest absolute Gasteiger partial charge is 0.438 e. The zero-order chi connectivity index (χ0) is 21.1. The highest BCUT2D eigenvalue weighted by Crippen LogP contribution is 2.54. The smallest absolute Gasteiger partial charge is 0.225 e. The van der Waals surface area contributed by atoms with Crippen molar-refractivity contribution in [3.63, 3.8) is 0 Å². The van der Waals surface area contributed by atoms with Crippen molar-refractivity contribution in [3.05, 3.63) is 92.6 Å². The van der Waals surface area contributed by atoms with E-state index in [0.29, 0.717) is 15.9 Å². The highest BCUT2D eigenvalue weighted by molar-refractivity contribution is 6.36. The van der Waals surface area contributed by atoms with Crippen LogP contribution >= 0.6 is 23.2 Å². The van der Waals surface area contributed by atoms with Crippen molar-refractivity contribution in [2.45, 2.75) is 31.6 Å². The first kappa shape index (κ1) is 19.0. The Balaban J connectivity index is 1.74. The number of nitrogens with zero attached hydrogens (tertiary/aromatic N) is 1. The van der Waals surface area contributed by atoms with Crippen LogP contribution in [-0.4, -0.2) is 4.98 Å². The highest BCUT2D eigenvalue weighted by atomic mass is 35.5. The predicted octanol–water partition coefficient (Wildman–Crippen LogP) is 7.29. The molecule has 1 aliphatic heterocycles. The molecular formula is C26H20Cl2N2O. The number of aromatic nitrogens is 1. The van der Waals surface area contributed by atoms with Crippen LogP contribution in [0.25, 0.3) is 10.8 Å². The fourth-order valence-electron chi connectivity index (χ4n) is 5.11. The Bertz CT molecular complexity index is 1350. The van der Waals surface area contributed by atoms with E-state index in [0.717, 1.165) is 75.8 Å². The second-order valence-corrected chi connectivity index (χ2v) is 9.06. The lowest BCUT2D eigenvalue weighted by atomic mass is 9.79. The van der Waals surface area contributed by atoms with Crippen LogP contribution in [0.2, 0.25) is 10.0 Å². The Hall–Kier alpha value is -2.75. The van der Waals surface area contributed by atoms with Crippen LogP contribution in [0.4, 0.5) is 5.69 Å². The van der Waals surface area contributed by atoms with E-state index < -0.39 is 0 Å². The van der Waals surface area contributed by atoms with Gasteiger partial charge in [0.2, 0.25) is 5.88 Å². The molecule has 0 bridgehead atoms. The van der Waals surface area contributed by atoms with E-state index in [1.807, 2.05) is 36.4 Å². The first-order valence-electron chi connectivity index (χ1n) is 10.6. The van der Waals surface area contributed by atoms with Gasteiger partial charge in [-0.2, -0.15) is 0 Å². The Labute approximate surface area is 190 Å². The van der Waals surface area contributed by atoms with Gasteiger partial charge in [0.05, 0.1) is 5.56 Å². The number of fused-ring (bicyclic) bond motifs is 5. The fraction of sp³-hybridized carbons (Fsp3) is 0.192. The van der Waals surface area contributed by atoms with Crippen LogP contribution in [0, 0.1) is 0 Å². The van der Waals surface area contributed by atoms with Crippen LogP contribution in [0.5, 0.6) is 11.6 Å². The van der Waals surface area contributed by atoms with Crippen LogP contribution in [0.15, 0.2) is 54.6 Å². The monoisotopic (exact) mass is 446 g/mol. The first-order chi connectivity index (χ1) is 15.1. The molecule has 5 heteroatoms. The number of benzene rings is 3. The Morgan fingerprint density at radius 3 is 2.45 bits per heavy atom. The van der Waals surface area contributed by atoms with Gasteiger partial charge in [-0.15, -0.1) is 0 Å². The third-order valence-electron chi connectivity index (χ3n) is 6.52. The molecule has 4 aromatic rings. The lowest BCUT2D eigenvalue weighted by Crippen LogP contribution is -2.20. The molecule has 0 saturated heterocycles. The molecule has 154 valence electrons. The molecule has 1 unspecified atom stereocenters. The summed E-state index contributed by atoms with van der Waals surface area (Å²) < 4.78 is 6.39. The van der Waals surface area contributed by atoms with Gasteiger partial charge in [-0.05, 0) is 60.2 Å². The predicted molar refractivity (Wildman–Crippen MR) is 127 cm³/mol. The van der Waals surface area contributed by atoms with E-state index in [1.165, 1.54) is 0 Å². The van der Waals surface area contributed by atoms with Crippen molar-refractivity contribution in [2.24, 2.45) is 0 Å². The normalized spacial score (nSPS) is 16.9. The van der Waals surface area contributed by atoms with Gasteiger partial charge >= 0.3 is 0 Å². The highest BCUT2D eigenvalue weighted by Gasteiger charge is 2.37. The third-order valence-corrected chi connectivity index (χ3v) is 7.18. The molecule has 0 radical (unpaired) electrons. The standard InChI is InChI=1S/C26H20Cl2N2O/c27-17-9-5-10-18(28)22(17)23-21-15-7-2-1-6-14(15)12-13-20(21)31-26-24(23)25(29)16-8-3-4-11-19(16)30-26/h1-2,5-7,9-10,12-13,23H,3-4,8,11H2,(H2,29,30). The minimum absolute atomic E-state index is 0.259. The number of halogens is 2. The number of ether oxygens (including phenoxy) is 1. The van der Waals surface area contributed by atoms with Gasteiger partial charge in [0.15, 0.2) is 0 Å². The maximum atomic E-state index is 6.85. The zero-order valence-corrected chi connectivity index (χ0v) is 18.3. The van der Waals surface area contributed by atoms with Crippen LogP contribution in [0.3, 0.4) is 0 Å². The van der Waals surface area contributed by atoms with E-state index in [4.69, 9.17) is 38.7 Å². The second kappa shape index (κ2) is 7.15. The van der Waals surface area contributed by atoms with E-state index in [9.17, 15) is 0 Å². The summed E-state index contributed by atoms with van der Waals surface area (Å²) >= 11 is 13.5. The number of hydrogen-bond donors (Lipinski definition) is 1. The van der Waals surface area contributed by atoms with Crippen molar-refractivity contribution in [2.75, 3.05) is 5.73 Å². The Morgan fingerprint density at radius 1 is 0.839 bits per heavy atom. The van der Waals surface area contributed by atoms with E-state index in [1.54, 1.807) is 0 Å². The average Bonchev–Trinajstić information content (AvgIpc) is 2.78. The number of nitrogen functional groups attached to an aromatic ring is 1. The molecule has 0 saturated carbocycles. The van der Waals surface area contributed by atoms with Gasteiger partial charge < -0.3 is 10.5 Å². The number of nitrogens with two attached hydrogens (primary N) is 1. The Kier molecular flexibility index (Phi) is 4.38. The zero-order valence-electron chi connectivity index (χ0n) is 16.8. The summed E-state index contributed by atoms with van der Waals surface area (Å²) in [5.41, 5.74) is 12.6. The second-order valence-electron chi connectivity index (χ2n) is 8.25. The molecule has 2 aliphatic rings. The van der Waals surface area contributed by atoms with Crippen molar-refractivity contribution in [1.29, 1.82) is 0 Å². The van der Waals surface area contributed by atoms with E-state index in [2.05, 4.69) is 18.2 Å². The molecule has 0 amide bonds. The van der Waals surface area contributed by atoms with Gasteiger partial charge in [-0.25, -0.2) is 4.98 Å². The maximum Gasteiger partial charge on any atom is 0.225 e. The van der Waals surface area contributed by atoms with E-state index >= 15 is 0 Å². The third kappa shape index (κ3) is 2.84. The molecule has 2 N–H and O–H groups in total. The molecule has 1 aliphatic carbocycles. The topological polar surface area (TPSA) is 48.1 Å². The van der Waals surface area contributed by atoms with E-state index in [-0.39, 0.29) is 5.92 Å². The van der Waals surface area contributed by atoms with Crippen molar-refractivity contribution < 1.29 is 4.74 Å². The summed E-state index contributed by atoms with van der Waals surface area (Å²) in [6, 6.07) is 18.0. The van der Waals surface area contributed by atoms with Gasteiger partial charge in [-0.1, -0.05) is 59.6 Å². The first-order valence-corrected chi connectivity index (χ1v) is 11.3. The van der Waals surface area contributed by atoms with Gasteiger partial charge in [-0.3, -0.25) is 0 Å². The molecule has 1 atom stereocenters. The number of rotatable bonds is 1. The summed E-state index contributed by atoms with van der Waals surface area (Å²) in [6.45, 7) is 0. The van der Waals surface area contributed by atoms with Crippen molar-refractivity contribution in [3.8, 4) is 11.6 Å². The molecule has 6 rings (SSSR count). The number of aryl methyl sites for hydroxylation is 1. The Morgan fingerprint density at radius 2 is 1.61 bits per heavy atom. The summed E-state index contributed by atoms with van der Waals surface area (Å²) in [5.74, 6) is 1.09. The molecule has 2 heterocycles. The van der Waals surface area contributed by atoms with Crippen LogP contribution < -0.4 is 10.5 Å². The molecule has 1 aromatic heterocycles. The van der Waals surface area contributed by atoms with Crippen LogP contribution in [0.1, 0.15) is 46.7 Å². The maximum absolute atomic E-state index is 6.85. The minimum atomic E-state index is -0.259. The van der Waals surface area contributed by atoms with Crippen LogP contribution in [-0.2, 0) is 12.8 Å². The van der Waals surface area contributed by atoms with Crippen molar-refractivity contribution in [1.82, 2.24) is 4.98 Å². The number of hydrogen-bond acceptors (Lipinski definition) is 3. The van der Waals surface area contributed by atoms with Gasteiger partial charge in [0, 0.05) is 38.5 Å².